The van der Waals surface area contributed by atoms with Gasteiger partial charge in [-0.2, -0.15) is 5.48 Å². The number of hydroxylamine groups is 1. The topological polar surface area (TPSA) is 30.5 Å². The van der Waals surface area contributed by atoms with Crippen LogP contribution in [0.1, 0.15) is 44.9 Å². The van der Waals surface area contributed by atoms with Gasteiger partial charge in [-0.25, -0.2) is 4.89 Å². The van der Waals surface area contributed by atoms with E-state index in [0.29, 0.717) is 6.61 Å². The Bertz CT molecular complexity index is 55.5. The minimum absolute atomic E-state index is 0.715. The van der Waals surface area contributed by atoms with Gasteiger partial charge in [0.15, 0.2) is 0 Å². The smallest absolute Gasteiger partial charge is 0.0842 e. The Balaban J connectivity index is 2.00. The van der Waals surface area contributed by atoms with Crippen LogP contribution < -0.4 is 5.48 Å². The fourth-order valence-corrected chi connectivity index (χ4v) is 1.37. The second-order valence-electron chi connectivity index (χ2n) is 3.27. The molecule has 1 fully saturated rings. The minimum atomic E-state index is 0.715. The molecule has 0 unspecified atom stereocenters. The molecule has 0 aromatic carbocycles. The third-order valence-corrected chi connectivity index (χ3v) is 2.12. The number of hydrogen-bond donors (Lipinski definition) is 1. The lowest BCUT2D eigenvalue weighted by Crippen LogP contribution is -2.17. The highest BCUT2D eigenvalue weighted by molar-refractivity contribution is 4.47. The Morgan fingerprint density at radius 1 is 0.750 bits per heavy atom. The predicted octanol–water partition coefficient (Wildman–Crippen LogP) is 2.18. The van der Waals surface area contributed by atoms with Gasteiger partial charge in [-0.05, 0) is 12.8 Å². The van der Waals surface area contributed by atoms with E-state index in [-0.39, 0.29) is 0 Å². The third kappa shape index (κ3) is 5.52. The van der Waals surface area contributed by atoms with Gasteiger partial charge in [-0.1, -0.05) is 32.1 Å². The van der Waals surface area contributed by atoms with E-state index < -0.39 is 0 Å². The van der Waals surface area contributed by atoms with Gasteiger partial charge in [-0.3, -0.25) is 0 Å². The Labute approximate surface area is 74.3 Å². The minimum Gasteiger partial charge on any atom is -0.218 e. The van der Waals surface area contributed by atoms with Crippen molar-refractivity contribution in [1.82, 2.24) is 5.48 Å². The number of rotatable bonds is 0. The standard InChI is InChI=1S/C9H19NO2/c1-2-4-6-8-10-12-11-9-7-5-3-1/h10H,1-9H2. The molecule has 0 spiro atoms. The summed E-state index contributed by atoms with van der Waals surface area (Å²) in [6, 6.07) is 0. The van der Waals surface area contributed by atoms with Crippen molar-refractivity contribution in [2.45, 2.75) is 44.9 Å². The van der Waals surface area contributed by atoms with Crippen molar-refractivity contribution < 1.29 is 9.88 Å². The summed E-state index contributed by atoms with van der Waals surface area (Å²) in [5.41, 5.74) is 2.78. The third-order valence-electron chi connectivity index (χ3n) is 2.12. The van der Waals surface area contributed by atoms with Crippen LogP contribution >= 0.6 is 0 Å². The maximum Gasteiger partial charge on any atom is 0.0842 e. The van der Waals surface area contributed by atoms with E-state index in [2.05, 4.69) is 5.48 Å². The normalized spacial score (nSPS) is 24.0. The van der Waals surface area contributed by atoms with Crippen molar-refractivity contribution >= 4 is 0 Å². The zero-order valence-electron chi connectivity index (χ0n) is 7.68. The Morgan fingerprint density at radius 2 is 1.42 bits per heavy atom. The van der Waals surface area contributed by atoms with Crippen LogP contribution in [0.15, 0.2) is 0 Å². The summed E-state index contributed by atoms with van der Waals surface area (Å²) in [5.74, 6) is 0. The fourth-order valence-electron chi connectivity index (χ4n) is 1.37. The lowest BCUT2D eigenvalue weighted by molar-refractivity contribution is -0.336. The molecule has 0 aromatic rings. The van der Waals surface area contributed by atoms with E-state index in [1.165, 1.54) is 38.5 Å². The summed E-state index contributed by atoms with van der Waals surface area (Å²) < 4.78 is 0. The molecule has 3 heteroatoms. The maximum absolute atomic E-state index is 4.90. The van der Waals surface area contributed by atoms with Crippen molar-refractivity contribution in [1.29, 1.82) is 0 Å². The summed E-state index contributed by atoms with van der Waals surface area (Å²) in [6.45, 7) is 1.62. The van der Waals surface area contributed by atoms with E-state index in [4.69, 9.17) is 9.88 Å². The molecule has 0 atom stereocenters. The van der Waals surface area contributed by atoms with Crippen molar-refractivity contribution in [2.24, 2.45) is 0 Å². The monoisotopic (exact) mass is 173 g/mol. The van der Waals surface area contributed by atoms with Crippen molar-refractivity contribution in [3.8, 4) is 0 Å². The van der Waals surface area contributed by atoms with Gasteiger partial charge in [0.2, 0.25) is 0 Å². The van der Waals surface area contributed by atoms with Gasteiger partial charge in [0.25, 0.3) is 0 Å². The zero-order valence-corrected chi connectivity index (χ0v) is 7.68. The first-order chi connectivity index (χ1) is 6.00. The van der Waals surface area contributed by atoms with Crippen LogP contribution in [0.2, 0.25) is 0 Å². The number of nitrogens with one attached hydrogen (secondary N) is 1. The number of hydrogen-bond acceptors (Lipinski definition) is 3. The highest BCUT2D eigenvalue weighted by atomic mass is 17.3. The molecule has 0 amide bonds. The van der Waals surface area contributed by atoms with Crippen molar-refractivity contribution in [3.05, 3.63) is 0 Å². The second-order valence-corrected chi connectivity index (χ2v) is 3.27. The average Bonchev–Trinajstić information content (AvgIpc) is 2.05. The van der Waals surface area contributed by atoms with E-state index in [1.807, 2.05) is 0 Å². The summed E-state index contributed by atoms with van der Waals surface area (Å²) in [5, 5.41) is 0. The Kier molecular flexibility index (Phi) is 6.25. The first-order valence-corrected chi connectivity index (χ1v) is 5.01. The molecule has 0 aromatic heterocycles. The summed E-state index contributed by atoms with van der Waals surface area (Å²) in [4.78, 5) is 9.65. The molecule has 12 heavy (non-hydrogen) atoms. The van der Waals surface area contributed by atoms with Crippen LogP contribution in [-0.4, -0.2) is 13.2 Å². The molecule has 3 nitrogen and oxygen atoms in total. The molecule has 0 radical (unpaired) electrons. The Morgan fingerprint density at radius 3 is 2.25 bits per heavy atom. The molecular formula is C9H19NO2. The predicted molar refractivity (Wildman–Crippen MR) is 47.4 cm³/mol. The van der Waals surface area contributed by atoms with Crippen molar-refractivity contribution in [3.63, 3.8) is 0 Å². The zero-order chi connectivity index (χ0) is 8.49. The average molecular weight is 173 g/mol. The molecule has 1 N–H and O–H groups in total. The molecular weight excluding hydrogens is 154 g/mol. The highest BCUT2D eigenvalue weighted by Crippen LogP contribution is 2.07. The van der Waals surface area contributed by atoms with E-state index >= 15 is 0 Å². The molecule has 1 heterocycles. The molecule has 1 rings (SSSR count). The largest absolute Gasteiger partial charge is 0.218 e. The summed E-state index contributed by atoms with van der Waals surface area (Å²) in [7, 11) is 0. The molecule has 0 saturated carbocycles. The van der Waals surface area contributed by atoms with E-state index in [1.54, 1.807) is 0 Å². The SMILES string of the molecule is C1CCCCNOOCCCC1. The molecule has 72 valence electrons. The summed E-state index contributed by atoms with van der Waals surface area (Å²) >= 11 is 0. The van der Waals surface area contributed by atoms with Crippen LogP contribution in [0.3, 0.4) is 0 Å². The van der Waals surface area contributed by atoms with Gasteiger partial charge in [0.1, 0.15) is 0 Å². The van der Waals surface area contributed by atoms with Gasteiger partial charge in [0.05, 0.1) is 6.61 Å². The quantitative estimate of drug-likeness (QED) is 0.569. The van der Waals surface area contributed by atoms with Crippen LogP contribution in [0.4, 0.5) is 0 Å². The lowest BCUT2D eigenvalue weighted by atomic mass is 10.1. The second kappa shape index (κ2) is 7.53. The molecule has 0 aliphatic carbocycles. The fraction of sp³-hybridized carbons (Fsp3) is 1.00. The lowest BCUT2D eigenvalue weighted by Gasteiger charge is -2.07. The first-order valence-electron chi connectivity index (χ1n) is 5.01. The van der Waals surface area contributed by atoms with Crippen LogP contribution in [0.25, 0.3) is 0 Å². The van der Waals surface area contributed by atoms with Gasteiger partial charge in [-0.15, -0.1) is 4.99 Å². The van der Waals surface area contributed by atoms with Crippen molar-refractivity contribution in [2.75, 3.05) is 13.2 Å². The molecule has 1 aliphatic heterocycles. The molecule has 0 bridgehead atoms. The van der Waals surface area contributed by atoms with Gasteiger partial charge >= 0.3 is 0 Å². The molecule has 1 aliphatic rings. The maximum atomic E-state index is 4.90. The van der Waals surface area contributed by atoms with Gasteiger partial charge < -0.3 is 0 Å². The highest BCUT2D eigenvalue weighted by Gasteiger charge is 1.95. The molecule has 1 saturated heterocycles. The summed E-state index contributed by atoms with van der Waals surface area (Å²) in [6.07, 6.45) is 8.95. The van der Waals surface area contributed by atoms with Crippen LogP contribution in [0.5, 0.6) is 0 Å². The van der Waals surface area contributed by atoms with Crippen LogP contribution in [0, 0.1) is 0 Å². The van der Waals surface area contributed by atoms with E-state index in [0.717, 1.165) is 13.0 Å². The Hall–Kier alpha value is -0.120. The first kappa shape index (κ1) is 9.96. The van der Waals surface area contributed by atoms with E-state index in [9.17, 15) is 0 Å². The van der Waals surface area contributed by atoms with Crippen LogP contribution in [-0.2, 0) is 9.88 Å². The van der Waals surface area contributed by atoms with Gasteiger partial charge in [0, 0.05) is 6.54 Å².